The fraction of sp³-hybridized carbons (Fsp3) is 0.333. The van der Waals surface area contributed by atoms with Crippen LogP contribution in [0.5, 0.6) is 0 Å². The molecule has 80 valence electrons. The molecule has 0 aliphatic carbocycles. The van der Waals surface area contributed by atoms with E-state index >= 15 is 0 Å². The molecule has 0 aliphatic rings. The Morgan fingerprint density at radius 1 is 1.21 bits per heavy atom. The summed E-state index contributed by atoms with van der Waals surface area (Å²) in [5.41, 5.74) is 5.75. The lowest BCUT2D eigenvalue weighted by Gasteiger charge is -2.10. The van der Waals surface area contributed by atoms with Gasteiger partial charge in [0.15, 0.2) is 0 Å². The van der Waals surface area contributed by atoms with E-state index in [1.807, 2.05) is 6.26 Å². The summed E-state index contributed by atoms with van der Waals surface area (Å²) in [5, 5.41) is 0. The summed E-state index contributed by atoms with van der Waals surface area (Å²) in [4.78, 5) is 1.05. The molecule has 1 nitrogen and oxygen atoms in total. The summed E-state index contributed by atoms with van der Waals surface area (Å²) in [6.45, 7) is 0. The molecule has 0 aliphatic heterocycles. The van der Waals surface area contributed by atoms with Gasteiger partial charge in [0, 0.05) is 4.90 Å². The lowest BCUT2D eigenvalue weighted by molar-refractivity contribution is 0.116. The zero-order chi connectivity index (χ0) is 9.84. The summed E-state index contributed by atoms with van der Waals surface area (Å²) in [5.74, 6) is 0. The van der Waals surface area contributed by atoms with Gasteiger partial charge in [0.25, 0.3) is 6.43 Å². The molecule has 0 saturated carbocycles. The van der Waals surface area contributed by atoms with Crippen LogP contribution in [0.25, 0.3) is 0 Å². The molecule has 1 rings (SSSR count). The quantitative estimate of drug-likeness (QED) is 0.821. The summed E-state index contributed by atoms with van der Waals surface area (Å²) in [6, 6.07) is 5.70. The fourth-order valence-electron chi connectivity index (χ4n) is 0.972. The molecule has 0 bridgehead atoms. The molecule has 0 radical (unpaired) electrons. The van der Waals surface area contributed by atoms with Crippen LogP contribution >= 0.6 is 24.2 Å². The second-order valence-electron chi connectivity index (χ2n) is 2.63. The Morgan fingerprint density at radius 2 is 1.71 bits per heavy atom. The second-order valence-corrected chi connectivity index (χ2v) is 3.51. The van der Waals surface area contributed by atoms with E-state index in [0.29, 0.717) is 5.56 Å². The highest BCUT2D eigenvalue weighted by Crippen LogP contribution is 2.21. The minimum absolute atomic E-state index is 0. The average Bonchev–Trinajstić information content (AvgIpc) is 2.17. The molecule has 2 N–H and O–H groups in total. The normalized spacial score (nSPS) is 12.4. The van der Waals surface area contributed by atoms with E-state index < -0.39 is 12.5 Å². The van der Waals surface area contributed by atoms with Gasteiger partial charge >= 0.3 is 0 Å². The molecule has 14 heavy (non-hydrogen) atoms. The lowest BCUT2D eigenvalue weighted by Crippen LogP contribution is -2.18. The third kappa shape index (κ3) is 3.44. The van der Waals surface area contributed by atoms with Crippen LogP contribution in [0.3, 0.4) is 0 Å². The van der Waals surface area contributed by atoms with Crippen LogP contribution in [0.2, 0.25) is 0 Å². The van der Waals surface area contributed by atoms with E-state index in [2.05, 4.69) is 0 Å². The van der Waals surface area contributed by atoms with Crippen LogP contribution in [-0.4, -0.2) is 12.7 Å². The summed E-state index contributed by atoms with van der Waals surface area (Å²) in [6.07, 6.45) is -0.567. The first-order valence-corrected chi connectivity index (χ1v) is 5.05. The van der Waals surface area contributed by atoms with Crippen molar-refractivity contribution >= 4 is 24.2 Å². The van der Waals surface area contributed by atoms with Gasteiger partial charge in [-0.1, -0.05) is 12.1 Å². The van der Waals surface area contributed by atoms with Crippen molar-refractivity contribution in [3.8, 4) is 0 Å². The van der Waals surface area contributed by atoms with Crippen molar-refractivity contribution in [2.45, 2.75) is 17.4 Å². The number of nitrogens with two attached hydrogens (primary N) is 1. The second kappa shape index (κ2) is 6.22. The van der Waals surface area contributed by atoms with E-state index in [9.17, 15) is 8.78 Å². The highest BCUT2D eigenvalue weighted by Gasteiger charge is 2.16. The molecule has 0 fully saturated rings. The zero-order valence-corrected chi connectivity index (χ0v) is 9.25. The van der Waals surface area contributed by atoms with Gasteiger partial charge in [0.05, 0.1) is 6.04 Å². The Kier molecular flexibility index (Phi) is 6.08. The van der Waals surface area contributed by atoms with E-state index in [1.54, 1.807) is 36.0 Å². The van der Waals surface area contributed by atoms with Crippen LogP contribution in [-0.2, 0) is 0 Å². The predicted octanol–water partition coefficient (Wildman–Crippen LogP) is 3.10. The first kappa shape index (κ1) is 13.7. The minimum atomic E-state index is -2.50. The Hall–Kier alpha value is -0.320. The summed E-state index contributed by atoms with van der Waals surface area (Å²) < 4.78 is 24.3. The molecule has 0 amide bonds. The highest BCUT2D eigenvalue weighted by molar-refractivity contribution is 7.98. The van der Waals surface area contributed by atoms with Gasteiger partial charge in [-0.3, -0.25) is 0 Å². The molecule has 0 aromatic heterocycles. The maximum Gasteiger partial charge on any atom is 0.257 e. The topological polar surface area (TPSA) is 26.0 Å². The van der Waals surface area contributed by atoms with Crippen molar-refractivity contribution < 1.29 is 8.78 Å². The Morgan fingerprint density at radius 3 is 2.07 bits per heavy atom. The molecule has 0 unspecified atom stereocenters. The average molecular weight is 240 g/mol. The van der Waals surface area contributed by atoms with Gasteiger partial charge in [-0.25, -0.2) is 8.78 Å². The van der Waals surface area contributed by atoms with Crippen molar-refractivity contribution in [2.75, 3.05) is 6.26 Å². The first-order valence-electron chi connectivity index (χ1n) is 3.83. The van der Waals surface area contributed by atoms with Gasteiger partial charge in [0.1, 0.15) is 0 Å². The Balaban J connectivity index is 0.00000169. The number of benzene rings is 1. The minimum Gasteiger partial charge on any atom is -0.319 e. The molecule has 5 heteroatoms. The third-order valence-electron chi connectivity index (χ3n) is 1.77. The van der Waals surface area contributed by atoms with Crippen LogP contribution in [0.1, 0.15) is 11.6 Å². The summed E-state index contributed by atoms with van der Waals surface area (Å²) in [7, 11) is 0. The molecule has 0 spiro atoms. The molecular formula is C9H12ClF2NS. The maximum atomic E-state index is 12.2. The smallest absolute Gasteiger partial charge is 0.257 e. The monoisotopic (exact) mass is 239 g/mol. The zero-order valence-electron chi connectivity index (χ0n) is 7.61. The standard InChI is InChI=1S/C9H11F2NS.ClH/c1-13-7-4-2-6(3-5-7)8(12)9(10)11;/h2-5,8-9H,12H2,1H3;1H/t8-;/m1./s1. The number of thioether (sulfide) groups is 1. The van der Waals surface area contributed by atoms with Gasteiger partial charge in [0.2, 0.25) is 0 Å². The van der Waals surface area contributed by atoms with Crippen LogP contribution < -0.4 is 5.73 Å². The van der Waals surface area contributed by atoms with Gasteiger partial charge in [-0.05, 0) is 24.0 Å². The van der Waals surface area contributed by atoms with Crippen molar-refractivity contribution in [2.24, 2.45) is 5.73 Å². The highest BCUT2D eigenvalue weighted by atomic mass is 35.5. The van der Waals surface area contributed by atoms with Crippen molar-refractivity contribution in [3.05, 3.63) is 29.8 Å². The maximum absolute atomic E-state index is 12.2. The van der Waals surface area contributed by atoms with Crippen molar-refractivity contribution in [3.63, 3.8) is 0 Å². The largest absolute Gasteiger partial charge is 0.319 e. The number of halogens is 3. The van der Waals surface area contributed by atoms with Crippen molar-refractivity contribution in [1.82, 2.24) is 0 Å². The number of alkyl halides is 2. The van der Waals surface area contributed by atoms with Crippen molar-refractivity contribution in [1.29, 1.82) is 0 Å². The molecule has 0 saturated heterocycles. The predicted molar refractivity (Wildman–Crippen MR) is 58.4 cm³/mol. The van der Waals surface area contributed by atoms with Crippen LogP contribution in [0.15, 0.2) is 29.2 Å². The molecular weight excluding hydrogens is 228 g/mol. The SMILES string of the molecule is CSc1ccc([C@@H](N)C(F)F)cc1.Cl. The van der Waals surface area contributed by atoms with Crippen LogP contribution in [0, 0.1) is 0 Å². The Bertz CT molecular complexity index is 266. The molecule has 1 aromatic carbocycles. The van der Waals surface area contributed by atoms with E-state index in [1.165, 1.54) is 0 Å². The molecule has 0 heterocycles. The first-order chi connectivity index (χ1) is 6.15. The summed E-state index contributed by atoms with van der Waals surface area (Å²) >= 11 is 1.57. The lowest BCUT2D eigenvalue weighted by atomic mass is 10.1. The van der Waals surface area contributed by atoms with Gasteiger partial charge in [-0.2, -0.15) is 0 Å². The molecule has 1 aromatic rings. The number of hydrogen-bond acceptors (Lipinski definition) is 2. The van der Waals surface area contributed by atoms with Gasteiger partial charge < -0.3 is 5.73 Å². The van der Waals surface area contributed by atoms with Gasteiger partial charge in [-0.15, -0.1) is 24.2 Å². The van der Waals surface area contributed by atoms with E-state index in [0.717, 1.165) is 4.90 Å². The van der Waals surface area contributed by atoms with E-state index in [4.69, 9.17) is 5.73 Å². The number of hydrogen-bond donors (Lipinski definition) is 1. The molecule has 1 atom stereocenters. The fourth-order valence-corrected chi connectivity index (χ4v) is 1.38. The third-order valence-corrected chi connectivity index (χ3v) is 2.52. The van der Waals surface area contributed by atoms with Crippen LogP contribution in [0.4, 0.5) is 8.78 Å². The number of rotatable bonds is 3. The van der Waals surface area contributed by atoms with E-state index in [-0.39, 0.29) is 12.4 Å². The Labute approximate surface area is 92.5 Å².